The summed E-state index contributed by atoms with van der Waals surface area (Å²) in [6.07, 6.45) is 0. The molecule has 2 fully saturated rings. The third-order valence-electron chi connectivity index (χ3n) is 3.29. The van der Waals surface area contributed by atoms with Crippen LogP contribution in [0.25, 0.3) is 0 Å². The number of urea groups is 1. The summed E-state index contributed by atoms with van der Waals surface area (Å²) in [5.41, 5.74) is 0.405. The molecule has 2 unspecified atom stereocenters. The minimum atomic E-state index is -0.463. The first-order valence-electron chi connectivity index (χ1n) is 5.75. The number of fused-ring (bicyclic) bond motifs is 1. The minimum absolute atomic E-state index is 0.237. The molecule has 0 bridgehead atoms. The van der Waals surface area contributed by atoms with Crippen molar-refractivity contribution in [3.05, 3.63) is 28.2 Å². The third kappa shape index (κ3) is 2.08. The lowest BCUT2D eigenvalue weighted by atomic mass is 9.99. The summed E-state index contributed by atoms with van der Waals surface area (Å²) in [6.45, 7) is 0.693. The Bertz CT molecular complexity index is 564. The lowest BCUT2D eigenvalue weighted by Gasteiger charge is -2.32. The summed E-state index contributed by atoms with van der Waals surface area (Å²) < 4.78 is 5.23. The smallest absolute Gasteiger partial charge is 0.329 e. The third-order valence-corrected chi connectivity index (χ3v) is 4.03. The fraction of sp³-hybridized carbons (Fsp3) is 0.333. The Balaban J connectivity index is 1.96. The van der Waals surface area contributed by atoms with Gasteiger partial charge in [0.1, 0.15) is 0 Å². The fourth-order valence-electron chi connectivity index (χ4n) is 2.30. The van der Waals surface area contributed by atoms with Gasteiger partial charge in [0.15, 0.2) is 0 Å². The van der Waals surface area contributed by atoms with Crippen LogP contribution in [-0.4, -0.2) is 31.2 Å². The van der Waals surface area contributed by atoms with Crippen molar-refractivity contribution in [3.63, 3.8) is 0 Å². The van der Waals surface area contributed by atoms with Gasteiger partial charge in [0.05, 0.1) is 40.9 Å². The molecule has 3 rings (SSSR count). The van der Waals surface area contributed by atoms with Crippen LogP contribution in [0.4, 0.5) is 10.5 Å². The number of amides is 3. The van der Waals surface area contributed by atoms with E-state index in [1.807, 2.05) is 0 Å². The largest absolute Gasteiger partial charge is 0.378 e. The summed E-state index contributed by atoms with van der Waals surface area (Å²) in [6, 6.07) is 3.94. The topological polar surface area (TPSA) is 58.6 Å². The first-order chi connectivity index (χ1) is 9.08. The molecule has 3 amide bonds. The second-order valence-electron chi connectivity index (χ2n) is 4.47. The molecule has 2 aliphatic heterocycles. The number of carbonyl (C=O) groups is 2. The highest BCUT2D eigenvalue weighted by molar-refractivity contribution is 6.42. The van der Waals surface area contributed by atoms with Crippen molar-refractivity contribution >= 4 is 40.8 Å². The Morgan fingerprint density at radius 3 is 2.74 bits per heavy atom. The molecular formula is C12H10Cl2N2O3. The van der Waals surface area contributed by atoms with Crippen molar-refractivity contribution in [1.29, 1.82) is 0 Å². The average molecular weight is 301 g/mol. The van der Waals surface area contributed by atoms with Gasteiger partial charge < -0.3 is 10.1 Å². The van der Waals surface area contributed by atoms with Gasteiger partial charge in [0.25, 0.3) is 0 Å². The zero-order valence-corrected chi connectivity index (χ0v) is 11.2. The van der Waals surface area contributed by atoms with E-state index in [9.17, 15) is 9.59 Å². The van der Waals surface area contributed by atoms with Gasteiger partial charge in [-0.05, 0) is 18.2 Å². The molecule has 1 aromatic rings. The van der Waals surface area contributed by atoms with Gasteiger partial charge in [-0.2, -0.15) is 0 Å². The molecule has 7 heteroatoms. The molecule has 100 valence electrons. The lowest BCUT2D eigenvalue weighted by molar-refractivity contribution is -0.122. The highest BCUT2D eigenvalue weighted by Crippen LogP contribution is 2.31. The average Bonchev–Trinajstić information content (AvgIpc) is 2.82. The van der Waals surface area contributed by atoms with Crippen LogP contribution in [0.3, 0.4) is 0 Å². The summed E-state index contributed by atoms with van der Waals surface area (Å²) in [5, 5.41) is 3.42. The number of anilines is 1. The van der Waals surface area contributed by atoms with Crippen LogP contribution in [0.15, 0.2) is 18.2 Å². The first kappa shape index (κ1) is 12.7. The lowest BCUT2D eigenvalue weighted by Crippen LogP contribution is -2.60. The molecular weight excluding hydrogens is 291 g/mol. The molecule has 2 aliphatic rings. The fourth-order valence-corrected chi connectivity index (χ4v) is 2.59. The highest BCUT2D eigenvalue weighted by Gasteiger charge is 2.45. The molecule has 1 N–H and O–H groups in total. The second kappa shape index (κ2) is 4.67. The number of hydrogen-bond acceptors (Lipinski definition) is 3. The Hall–Kier alpha value is -1.30. The Morgan fingerprint density at radius 1 is 1.21 bits per heavy atom. The number of hydrogen-bond donors (Lipinski definition) is 1. The van der Waals surface area contributed by atoms with Crippen molar-refractivity contribution in [1.82, 2.24) is 5.32 Å². The maximum absolute atomic E-state index is 12.3. The summed E-state index contributed by atoms with van der Waals surface area (Å²) in [5.74, 6) is -0.614. The maximum atomic E-state index is 12.3. The molecule has 0 saturated carbocycles. The predicted octanol–water partition coefficient (Wildman–Crippen LogP) is 2.06. The van der Waals surface area contributed by atoms with Gasteiger partial charge in [0.2, 0.25) is 5.91 Å². The van der Waals surface area contributed by atoms with Gasteiger partial charge >= 0.3 is 6.03 Å². The van der Waals surface area contributed by atoms with Crippen molar-refractivity contribution in [2.45, 2.75) is 6.04 Å². The van der Waals surface area contributed by atoms with Crippen molar-refractivity contribution in [2.24, 2.45) is 5.92 Å². The Kier molecular flexibility index (Phi) is 3.12. The molecule has 0 spiro atoms. The number of imide groups is 1. The number of benzene rings is 1. The van der Waals surface area contributed by atoms with E-state index in [4.69, 9.17) is 27.9 Å². The van der Waals surface area contributed by atoms with Crippen LogP contribution in [0, 0.1) is 5.92 Å². The SMILES string of the molecule is O=C1NC2COCC2C(=O)N1c1ccc(Cl)c(Cl)c1. The zero-order chi connectivity index (χ0) is 13.6. The molecule has 1 aromatic carbocycles. The van der Waals surface area contributed by atoms with Gasteiger partial charge in [-0.3, -0.25) is 4.79 Å². The molecule has 5 nitrogen and oxygen atoms in total. The van der Waals surface area contributed by atoms with E-state index >= 15 is 0 Å². The Morgan fingerprint density at radius 2 is 2.00 bits per heavy atom. The van der Waals surface area contributed by atoms with Gasteiger partial charge in [-0.15, -0.1) is 0 Å². The molecule has 2 heterocycles. The summed E-state index contributed by atoms with van der Waals surface area (Å²) >= 11 is 11.7. The number of halogens is 2. The van der Waals surface area contributed by atoms with Crippen molar-refractivity contribution < 1.29 is 14.3 Å². The maximum Gasteiger partial charge on any atom is 0.329 e. The van der Waals surface area contributed by atoms with Crippen LogP contribution >= 0.6 is 23.2 Å². The van der Waals surface area contributed by atoms with E-state index in [1.54, 1.807) is 12.1 Å². The van der Waals surface area contributed by atoms with Crippen LogP contribution in [0.1, 0.15) is 0 Å². The number of ether oxygens (including phenoxy) is 1. The monoisotopic (exact) mass is 300 g/mol. The zero-order valence-electron chi connectivity index (χ0n) is 9.73. The van der Waals surface area contributed by atoms with Crippen LogP contribution in [0.5, 0.6) is 0 Å². The van der Waals surface area contributed by atoms with E-state index in [-0.39, 0.29) is 17.9 Å². The van der Waals surface area contributed by atoms with Gasteiger partial charge in [-0.25, -0.2) is 9.69 Å². The molecule has 0 aliphatic carbocycles. The van der Waals surface area contributed by atoms with E-state index in [2.05, 4.69) is 5.32 Å². The molecule has 2 atom stereocenters. The number of rotatable bonds is 1. The molecule has 0 radical (unpaired) electrons. The summed E-state index contributed by atoms with van der Waals surface area (Å²) in [4.78, 5) is 25.4. The van der Waals surface area contributed by atoms with Gasteiger partial charge in [0, 0.05) is 0 Å². The molecule has 2 saturated heterocycles. The normalized spacial score (nSPS) is 26.3. The first-order valence-corrected chi connectivity index (χ1v) is 6.51. The van der Waals surface area contributed by atoms with Crippen LogP contribution in [0.2, 0.25) is 10.0 Å². The highest BCUT2D eigenvalue weighted by atomic mass is 35.5. The van der Waals surface area contributed by atoms with Crippen molar-refractivity contribution in [3.8, 4) is 0 Å². The van der Waals surface area contributed by atoms with Crippen LogP contribution < -0.4 is 10.2 Å². The van der Waals surface area contributed by atoms with E-state index in [1.165, 1.54) is 6.07 Å². The van der Waals surface area contributed by atoms with E-state index in [0.717, 1.165) is 4.90 Å². The standard InChI is InChI=1S/C12H10Cl2N2O3/c13-8-2-1-6(3-9(8)14)16-11(17)7-4-19-5-10(7)15-12(16)18/h1-3,7,10H,4-5H2,(H,15,18). The predicted molar refractivity (Wildman–Crippen MR) is 70.6 cm³/mol. The van der Waals surface area contributed by atoms with E-state index in [0.29, 0.717) is 28.9 Å². The van der Waals surface area contributed by atoms with Gasteiger partial charge in [-0.1, -0.05) is 23.2 Å². The summed E-state index contributed by atoms with van der Waals surface area (Å²) in [7, 11) is 0. The van der Waals surface area contributed by atoms with Crippen LogP contribution in [-0.2, 0) is 9.53 Å². The minimum Gasteiger partial charge on any atom is -0.378 e. The number of carbonyl (C=O) groups excluding carboxylic acids is 2. The second-order valence-corrected chi connectivity index (χ2v) is 5.29. The molecule has 0 aromatic heterocycles. The Labute approximate surface area is 119 Å². The van der Waals surface area contributed by atoms with E-state index < -0.39 is 6.03 Å². The number of nitrogens with one attached hydrogen (secondary N) is 1. The number of nitrogens with zero attached hydrogens (tertiary/aromatic N) is 1. The molecule has 19 heavy (non-hydrogen) atoms. The quantitative estimate of drug-likeness (QED) is 0.864. The van der Waals surface area contributed by atoms with Crippen molar-refractivity contribution in [2.75, 3.05) is 18.1 Å².